The molecule has 3 fully saturated rings. The number of carbonyl (C=O) groups is 3. The summed E-state index contributed by atoms with van der Waals surface area (Å²) in [6.45, 7) is 6.93. The van der Waals surface area contributed by atoms with Crippen LogP contribution in [0.1, 0.15) is 87.9 Å². The van der Waals surface area contributed by atoms with Crippen molar-refractivity contribution in [3.05, 3.63) is 42.2 Å². The van der Waals surface area contributed by atoms with Crippen molar-refractivity contribution in [3.8, 4) is 11.5 Å². The van der Waals surface area contributed by atoms with E-state index in [4.69, 9.17) is 9.15 Å². The molecule has 0 radical (unpaired) electrons. The molecule has 252 valence electrons. The van der Waals surface area contributed by atoms with Gasteiger partial charge in [-0.3, -0.25) is 19.2 Å². The summed E-state index contributed by atoms with van der Waals surface area (Å²) in [5.41, 5.74) is -0.708. The van der Waals surface area contributed by atoms with Crippen LogP contribution in [-0.2, 0) is 9.53 Å². The Kier molecular flexibility index (Phi) is 9.15. The number of piperazine rings is 1. The van der Waals surface area contributed by atoms with Gasteiger partial charge in [-0.15, -0.1) is 0 Å². The maximum absolute atomic E-state index is 14.0. The first-order valence-electron chi connectivity index (χ1n) is 16.1. The van der Waals surface area contributed by atoms with Gasteiger partial charge in [-0.25, -0.2) is 23.5 Å². The number of hydrogen-bond donors (Lipinski definition) is 2. The van der Waals surface area contributed by atoms with Gasteiger partial charge in [0.15, 0.2) is 11.4 Å². The van der Waals surface area contributed by atoms with E-state index in [1.807, 2.05) is 0 Å². The van der Waals surface area contributed by atoms with E-state index >= 15 is 0 Å². The lowest BCUT2D eigenvalue weighted by Gasteiger charge is -2.41. The van der Waals surface area contributed by atoms with Crippen LogP contribution in [-0.4, -0.2) is 85.3 Å². The van der Waals surface area contributed by atoms with Crippen molar-refractivity contribution < 1.29 is 32.3 Å². The molecule has 47 heavy (non-hydrogen) atoms. The van der Waals surface area contributed by atoms with Gasteiger partial charge >= 0.3 is 6.09 Å². The standard InChI is InChI=1S/C32H40F2N8O5/c1-32(2,3)47-31(45)40-12-13-41(26(43)17-40)21-6-8-22(9-7-21)42-16-23(27(39-42)28(33)34)37-29(44)24-18-46-30(38-24)20-10-11-35-25(14-20)36-15-19-4-5-19/h10-11,14,16,18-19,21-22,28H,4-9,12-13,15,17H2,1-3H3,(H,35,36)(H,37,44). The first kappa shape index (κ1) is 32.4. The minimum atomic E-state index is -2.91. The Bertz CT molecular complexity index is 1610. The molecule has 3 aromatic rings. The number of carbonyl (C=O) groups excluding carboxylic acids is 3. The molecular formula is C32H40F2N8O5. The third-order valence-corrected chi connectivity index (χ3v) is 8.62. The summed E-state index contributed by atoms with van der Waals surface area (Å²) >= 11 is 0. The zero-order valence-corrected chi connectivity index (χ0v) is 26.7. The maximum atomic E-state index is 14.0. The molecule has 6 rings (SSSR count). The quantitative estimate of drug-likeness (QED) is 0.305. The smallest absolute Gasteiger partial charge is 0.410 e. The molecule has 3 aromatic heterocycles. The van der Waals surface area contributed by atoms with Crippen LogP contribution < -0.4 is 10.6 Å². The van der Waals surface area contributed by atoms with E-state index < -0.39 is 29.7 Å². The number of amides is 3. The molecular weight excluding hydrogens is 614 g/mol. The molecule has 0 aromatic carbocycles. The second-order valence-electron chi connectivity index (χ2n) is 13.4. The van der Waals surface area contributed by atoms with Crippen molar-refractivity contribution >= 4 is 29.4 Å². The van der Waals surface area contributed by atoms with Crippen molar-refractivity contribution in [2.24, 2.45) is 5.92 Å². The molecule has 1 aliphatic heterocycles. The normalized spacial score (nSPS) is 20.4. The van der Waals surface area contributed by atoms with Gasteiger partial charge in [0.2, 0.25) is 11.8 Å². The van der Waals surface area contributed by atoms with Crippen LogP contribution in [0.3, 0.4) is 0 Å². The Morgan fingerprint density at radius 1 is 1.11 bits per heavy atom. The molecule has 3 aliphatic rings. The fraction of sp³-hybridized carbons (Fsp3) is 0.562. The topological polar surface area (TPSA) is 148 Å². The highest BCUT2D eigenvalue weighted by Crippen LogP contribution is 2.35. The summed E-state index contributed by atoms with van der Waals surface area (Å²) < 4.78 is 40.4. The molecule has 15 heteroatoms. The average molecular weight is 655 g/mol. The summed E-state index contributed by atoms with van der Waals surface area (Å²) in [5, 5.41) is 9.96. The minimum Gasteiger partial charge on any atom is -0.444 e. The van der Waals surface area contributed by atoms with Crippen LogP contribution >= 0.6 is 0 Å². The van der Waals surface area contributed by atoms with E-state index in [1.165, 1.54) is 34.9 Å². The number of halogens is 2. The molecule has 13 nitrogen and oxygen atoms in total. The highest BCUT2D eigenvalue weighted by molar-refractivity contribution is 6.03. The summed E-state index contributed by atoms with van der Waals surface area (Å²) in [5.74, 6) is 0.712. The Labute approximate surface area is 271 Å². The van der Waals surface area contributed by atoms with Crippen LogP contribution in [0.15, 0.2) is 35.2 Å². The number of oxazole rings is 1. The lowest BCUT2D eigenvalue weighted by atomic mass is 9.90. The number of nitrogens with one attached hydrogen (secondary N) is 2. The van der Waals surface area contributed by atoms with Crippen LogP contribution in [0.5, 0.6) is 0 Å². The average Bonchev–Trinajstić information content (AvgIpc) is 3.55. The van der Waals surface area contributed by atoms with Crippen molar-refractivity contribution in [2.75, 3.05) is 36.8 Å². The molecule has 4 heterocycles. The molecule has 0 unspecified atom stereocenters. The largest absolute Gasteiger partial charge is 0.444 e. The van der Waals surface area contributed by atoms with Crippen molar-refractivity contribution in [3.63, 3.8) is 0 Å². The van der Waals surface area contributed by atoms with Gasteiger partial charge in [0.25, 0.3) is 12.3 Å². The van der Waals surface area contributed by atoms with E-state index in [1.54, 1.807) is 44.0 Å². The summed E-state index contributed by atoms with van der Waals surface area (Å²) in [7, 11) is 0. The van der Waals surface area contributed by atoms with Gasteiger partial charge < -0.3 is 24.7 Å². The monoisotopic (exact) mass is 654 g/mol. The third-order valence-electron chi connectivity index (χ3n) is 8.62. The fourth-order valence-corrected chi connectivity index (χ4v) is 5.97. The van der Waals surface area contributed by atoms with Gasteiger partial charge in [0.05, 0.1) is 11.7 Å². The van der Waals surface area contributed by atoms with E-state index in [-0.39, 0.29) is 41.8 Å². The Morgan fingerprint density at radius 3 is 2.53 bits per heavy atom. The predicted molar refractivity (Wildman–Crippen MR) is 167 cm³/mol. The van der Waals surface area contributed by atoms with E-state index in [0.717, 1.165) is 6.54 Å². The number of nitrogens with zero attached hydrogens (tertiary/aromatic N) is 6. The van der Waals surface area contributed by atoms with Crippen molar-refractivity contribution in [1.29, 1.82) is 0 Å². The molecule has 1 saturated heterocycles. The number of ether oxygens (including phenoxy) is 1. The van der Waals surface area contributed by atoms with Crippen LogP contribution in [0.25, 0.3) is 11.5 Å². The first-order valence-corrected chi connectivity index (χ1v) is 16.1. The fourth-order valence-electron chi connectivity index (χ4n) is 5.97. The highest BCUT2D eigenvalue weighted by atomic mass is 19.3. The maximum Gasteiger partial charge on any atom is 0.410 e. The van der Waals surface area contributed by atoms with Gasteiger partial charge in [-0.05, 0) is 77.3 Å². The van der Waals surface area contributed by atoms with Gasteiger partial charge in [-0.1, -0.05) is 0 Å². The van der Waals surface area contributed by atoms with E-state index in [0.29, 0.717) is 56.1 Å². The first-order chi connectivity index (χ1) is 22.4. The van der Waals surface area contributed by atoms with E-state index in [9.17, 15) is 23.2 Å². The number of pyridine rings is 1. The van der Waals surface area contributed by atoms with Crippen molar-refractivity contribution in [1.82, 2.24) is 29.5 Å². The number of hydrogen-bond acceptors (Lipinski definition) is 9. The van der Waals surface area contributed by atoms with Crippen LogP contribution in [0.2, 0.25) is 0 Å². The van der Waals surface area contributed by atoms with Crippen LogP contribution in [0.4, 0.5) is 25.1 Å². The minimum absolute atomic E-state index is 0.0179. The SMILES string of the molecule is CC(C)(C)OC(=O)N1CCN(C2CCC(n3cc(NC(=O)c4coc(-c5ccnc(NCC6CC6)c5)n4)c(C(F)F)n3)CC2)C(=O)C1. The molecule has 2 N–H and O–H groups in total. The second-order valence-corrected chi connectivity index (χ2v) is 13.4. The summed E-state index contributed by atoms with van der Waals surface area (Å²) in [6, 6.07) is 3.30. The van der Waals surface area contributed by atoms with Crippen molar-refractivity contribution in [2.45, 2.75) is 83.4 Å². The molecule has 2 saturated carbocycles. The predicted octanol–water partition coefficient (Wildman–Crippen LogP) is 5.51. The lowest BCUT2D eigenvalue weighted by Crippen LogP contribution is -2.56. The Balaban J connectivity index is 1.05. The Hall–Kier alpha value is -4.56. The molecule has 0 bridgehead atoms. The zero-order chi connectivity index (χ0) is 33.3. The number of alkyl halides is 2. The third kappa shape index (κ3) is 7.88. The van der Waals surface area contributed by atoms with Gasteiger partial charge in [0, 0.05) is 43.6 Å². The molecule has 2 aliphatic carbocycles. The second kappa shape index (κ2) is 13.3. The molecule has 0 spiro atoms. The van der Waals surface area contributed by atoms with Gasteiger partial charge in [-0.2, -0.15) is 5.10 Å². The van der Waals surface area contributed by atoms with Gasteiger partial charge in [0.1, 0.15) is 24.2 Å². The number of rotatable bonds is 9. The Morgan fingerprint density at radius 2 is 1.85 bits per heavy atom. The highest BCUT2D eigenvalue weighted by Gasteiger charge is 2.36. The lowest BCUT2D eigenvalue weighted by molar-refractivity contribution is -0.139. The number of aromatic nitrogens is 4. The number of anilines is 2. The van der Waals surface area contributed by atoms with Crippen LogP contribution in [0, 0.1) is 5.92 Å². The zero-order valence-electron chi connectivity index (χ0n) is 26.7. The summed E-state index contributed by atoms with van der Waals surface area (Å²) in [6.07, 6.45) is 5.76. The molecule has 0 atom stereocenters. The summed E-state index contributed by atoms with van der Waals surface area (Å²) in [4.78, 5) is 50.2. The molecule has 3 amide bonds. The van der Waals surface area contributed by atoms with E-state index in [2.05, 4.69) is 25.7 Å².